The molecule has 2 unspecified atom stereocenters. The van der Waals surface area contributed by atoms with E-state index in [0.717, 1.165) is 25.4 Å². The van der Waals surface area contributed by atoms with Gasteiger partial charge in [-0.25, -0.2) is 0 Å². The van der Waals surface area contributed by atoms with Crippen molar-refractivity contribution in [2.24, 2.45) is 5.10 Å². The molecule has 1 fully saturated rings. The molecule has 180 valence electrons. The molecule has 0 radical (unpaired) electrons. The van der Waals surface area contributed by atoms with Crippen LogP contribution in [-0.2, 0) is 26.6 Å². The van der Waals surface area contributed by atoms with Gasteiger partial charge in [0.25, 0.3) is 0 Å². The number of allylic oxidation sites excluding steroid dienone is 1. The molecule has 0 amide bonds. The van der Waals surface area contributed by atoms with Gasteiger partial charge in [-0.3, -0.25) is 5.10 Å². The van der Waals surface area contributed by atoms with Crippen LogP contribution in [0.4, 0.5) is 0 Å². The van der Waals surface area contributed by atoms with Crippen LogP contribution in [0.5, 0.6) is 0 Å². The number of alkyl halides is 1. The van der Waals surface area contributed by atoms with Gasteiger partial charge in [0.05, 0.1) is 12.6 Å². The molecule has 0 saturated carbocycles. The number of H-pyrrole nitrogens is 1. The zero-order valence-corrected chi connectivity index (χ0v) is 22.0. The molecule has 0 aromatic carbocycles. The molecule has 0 bridgehead atoms. The average molecular weight is 499 g/mol. The van der Waals surface area contributed by atoms with Crippen LogP contribution < -0.4 is 0 Å². The van der Waals surface area contributed by atoms with Gasteiger partial charge >= 0.3 is 17.6 Å². The minimum atomic E-state index is -2.56. The normalized spacial score (nSPS) is 21.8. The first kappa shape index (κ1) is 28.1. The molecule has 10 nitrogen and oxygen atoms in total. The van der Waals surface area contributed by atoms with Gasteiger partial charge in [0, 0.05) is 74.5 Å². The highest BCUT2D eigenvalue weighted by molar-refractivity contribution is 6.62. The summed E-state index contributed by atoms with van der Waals surface area (Å²) < 4.78 is 32.6. The molecule has 1 spiro atoms. The van der Waals surface area contributed by atoms with E-state index in [4.69, 9.17) is 38.2 Å². The Bertz CT molecular complexity index is 606. The average Bonchev–Trinajstić information content (AvgIpc) is 3.55. The molecule has 1 N–H and O–H groups in total. The fraction of sp³-hybridized carbons (Fsp3) is 0.667. The summed E-state index contributed by atoms with van der Waals surface area (Å²) in [4.78, 5) is 0. The number of aromatic amines is 1. The summed E-state index contributed by atoms with van der Waals surface area (Å²) in [5, 5.41) is 10.7. The zero-order valence-electron chi connectivity index (χ0n) is 19.2. The Morgan fingerprint density at radius 1 is 1.06 bits per heavy atom. The van der Waals surface area contributed by atoms with Crippen molar-refractivity contribution in [2.75, 3.05) is 55.1 Å². The lowest BCUT2D eigenvalue weighted by atomic mass is 10.2. The van der Waals surface area contributed by atoms with Crippen LogP contribution in [0.2, 0.25) is 6.04 Å². The van der Waals surface area contributed by atoms with Crippen LogP contribution in [0.1, 0.15) is 14.3 Å². The molecule has 2 aliphatic heterocycles. The number of hydrogen-bond donors (Lipinski definition) is 1. The summed E-state index contributed by atoms with van der Waals surface area (Å²) >= 11 is 5.53. The van der Waals surface area contributed by atoms with E-state index in [1.807, 2.05) is 18.4 Å². The van der Waals surface area contributed by atoms with Gasteiger partial charge < -0.3 is 26.6 Å². The molecule has 13 heteroatoms. The lowest BCUT2D eigenvalue weighted by molar-refractivity contribution is -0.939. The van der Waals surface area contributed by atoms with Crippen LogP contribution in [0.3, 0.4) is 0 Å². The Hall–Kier alpha value is -0.936. The molecule has 31 heavy (non-hydrogen) atoms. The van der Waals surface area contributed by atoms with E-state index in [1.54, 1.807) is 55.1 Å². The predicted molar refractivity (Wildman–Crippen MR) is 126 cm³/mol. The summed E-state index contributed by atoms with van der Waals surface area (Å²) in [6.07, 6.45) is 11.2. The van der Waals surface area contributed by atoms with Crippen LogP contribution >= 0.6 is 11.6 Å². The Balaban J connectivity index is 0.000000497. The van der Waals surface area contributed by atoms with Crippen molar-refractivity contribution in [3.63, 3.8) is 0 Å². The van der Waals surface area contributed by atoms with E-state index in [0.29, 0.717) is 10.5 Å². The fourth-order valence-corrected chi connectivity index (χ4v) is 8.10. The first-order valence-corrected chi connectivity index (χ1v) is 14.2. The maximum absolute atomic E-state index is 5.53. The zero-order chi connectivity index (χ0) is 23.2. The van der Waals surface area contributed by atoms with E-state index in [2.05, 4.69) is 21.5 Å². The Kier molecular flexibility index (Phi) is 12.9. The van der Waals surface area contributed by atoms with Gasteiger partial charge in [0.2, 0.25) is 0 Å². The third-order valence-corrected chi connectivity index (χ3v) is 11.6. The van der Waals surface area contributed by atoms with Crippen LogP contribution in [0, 0.1) is 0 Å². The molecule has 1 saturated heterocycles. The highest BCUT2D eigenvalue weighted by atomic mass is 35.5. The first-order chi connectivity index (χ1) is 15.0. The number of rotatable bonds is 10. The number of nitrogens with zero attached hydrogens (tertiary/aromatic N) is 3. The standard InChI is InChI=1S/C9H17N2O3Si.C6H15ClO3Si.C3H4N2.H2/c1-12-15(13-2,14-3)9-5-8-11(9)7-4-6-10-11;1-8-11(9-2,10-3)6-4-5-7;1-2-4-5-3-1;/h4,6-7,9H,5,8H2,1-3H3;4-6H2,1-3H3;1-3H,(H,4,5);1H/q+1;;;/i;;;1+1. The first-order valence-electron chi connectivity index (χ1n) is 9.89. The number of halogens is 1. The maximum atomic E-state index is 5.53. The van der Waals surface area contributed by atoms with Gasteiger partial charge in [-0.05, 0) is 12.5 Å². The monoisotopic (exact) mass is 498 g/mol. The van der Waals surface area contributed by atoms with E-state index in [9.17, 15) is 0 Å². The fourth-order valence-electron chi connectivity index (χ4n) is 3.39. The van der Waals surface area contributed by atoms with Crippen molar-refractivity contribution in [2.45, 2.75) is 24.6 Å². The minimum Gasteiger partial charge on any atom is -0.377 e. The topological polar surface area (TPSA) is 96.4 Å². The number of aromatic nitrogens is 2. The molecule has 0 aliphatic carbocycles. The largest absolute Gasteiger partial charge is 0.564 e. The van der Waals surface area contributed by atoms with Crippen molar-refractivity contribution >= 4 is 35.4 Å². The second-order valence-corrected chi connectivity index (χ2v) is 13.2. The summed E-state index contributed by atoms with van der Waals surface area (Å²) in [5.74, 6) is 0.616. The highest BCUT2D eigenvalue weighted by Gasteiger charge is 2.65. The second-order valence-electron chi connectivity index (χ2n) is 6.59. The van der Waals surface area contributed by atoms with Crippen molar-refractivity contribution < 1.29 is 32.6 Å². The molecule has 1 aromatic heterocycles. The van der Waals surface area contributed by atoms with Crippen LogP contribution in [0.15, 0.2) is 35.8 Å². The third-order valence-electron chi connectivity index (χ3n) is 5.23. The quantitative estimate of drug-likeness (QED) is 0.301. The van der Waals surface area contributed by atoms with Gasteiger partial charge in [-0.2, -0.15) is 9.69 Å². The van der Waals surface area contributed by atoms with Crippen molar-refractivity contribution in [1.82, 2.24) is 10.2 Å². The molecule has 2 atom stereocenters. The van der Waals surface area contributed by atoms with Gasteiger partial charge in [-0.1, -0.05) is 5.10 Å². The van der Waals surface area contributed by atoms with E-state index >= 15 is 0 Å². The third kappa shape index (κ3) is 7.28. The summed E-state index contributed by atoms with van der Waals surface area (Å²) in [7, 11) is 4.88. The van der Waals surface area contributed by atoms with Crippen molar-refractivity contribution in [1.29, 1.82) is 0 Å². The van der Waals surface area contributed by atoms with Gasteiger partial charge in [-0.15, -0.1) is 11.6 Å². The summed E-state index contributed by atoms with van der Waals surface area (Å²) in [6.45, 7) is 1.00. The van der Waals surface area contributed by atoms with Crippen molar-refractivity contribution in [3.05, 3.63) is 30.7 Å². The number of nitrogens with one attached hydrogen (secondary N) is 1. The molecular formula is C18H38ClN4O6Si2+. The Morgan fingerprint density at radius 2 is 1.71 bits per heavy atom. The molecule has 2 aliphatic rings. The maximum Gasteiger partial charge on any atom is 0.564 e. The van der Waals surface area contributed by atoms with E-state index < -0.39 is 17.6 Å². The lowest BCUT2D eigenvalue weighted by Crippen LogP contribution is -2.72. The SMILES string of the molecule is CO[Si](CCCCl)(OC)OC.CO[Si](OC)(OC)C1CC[N+]12C=CC=N2.[2HH].c1cn[nH]c1. The molecule has 3 heterocycles. The summed E-state index contributed by atoms with van der Waals surface area (Å²) in [6, 6.07) is 2.61. The second kappa shape index (κ2) is 14.3. The van der Waals surface area contributed by atoms with Crippen molar-refractivity contribution in [3.8, 4) is 0 Å². The number of quaternary nitrogens is 1. The minimum absolute atomic E-state index is 0. The van der Waals surface area contributed by atoms with Crippen LogP contribution in [0.25, 0.3) is 0 Å². The molecule has 1 aromatic rings. The van der Waals surface area contributed by atoms with Crippen LogP contribution in [-0.4, -0.2) is 99.4 Å². The molecule has 3 rings (SSSR count). The van der Waals surface area contributed by atoms with E-state index in [-0.39, 0.29) is 7.09 Å². The Morgan fingerprint density at radius 3 is 2.00 bits per heavy atom. The van der Waals surface area contributed by atoms with E-state index in [1.165, 1.54) is 0 Å². The smallest absolute Gasteiger partial charge is 0.377 e. The highest BCUT2D eigenvalue weighted by Crippen LogP contribution is 2.38. The molecular weight excluding hydrogens is 460 g/mol. The van der Waals surface area contributed by atoms with Gasteiger partial charge in [0.15, 0.2) is 5.67 Å². The van der Waals surface area contributed by atoms with Gasteiger partial charge in [0.1, 0.15) is 12.7 Å². The summed E-state index contributed by atoms with van der Waals surface area (Å²) in [5.41, 5.74) is 0.201. The Labute approximate surface area is 193 Å². The predicted octanol–water partition coefficient (Wildman–Crippen LogP) is 2.65. The lowest BCUT2D eigenvalue weighted by Gasteiger charge is -2.47. The number of hydrogen-bond acceptors (Lipinski definition) is 8.